The lowest BCUT2D eigenvalue weighted by Gasteiger charge is -2.14. The van der Waals surface area contributed by atoms with E-state index in [0.29, 0.717) is 22.2 Å². The zero-order valence-corrected chi connectivity index (χ0v) is 17.6. The van der Waals surface area contributed by atoms with E-state index in [1.165, 1.54) is 18.4 Å². The summed E-state index contributed by atoms with van der Waals surface area (Å²) in [6, 6.07) is 15.6. The molecule has 5 aromatic rings. The van der Waals surface area contributed by atoms with E-state index < -0.39 is 11.6 Å². The van der Waals surface area contributed by atoms with Gasteiger partial charge in [-0.15, -0.1) is 0 Å². The van der Waals surface area contributed by atoms with Gasteiger partial charge in [-0.05, 0) is 30.7 Å². The molecule has 5 nitrogen and oxygen atoms in total. The molecule has 0 aliphatic carbocycles. The van der Waals surface area contributed by atoms with Crippen molar-refractivity contribution < 1.29 is 13.5 Å². The van der Waals surface area contributed by atoms with Crippen molar-refractivity contribution in [3.8, 4) is 17.0 Å². The highest BCUT2D eigenvalue weighted by Gasteiger charge is 2.25. The number of hydrogen-bond donors (Lipinski definition) is 2. The number of rotatable bonds is 4. The number of aromatic nitrogens is 2. The van der Waals surface area contributed by atoms with Gasteiger partial charge in [-0.25, -0.2) is 13.8 Å². The third kappa shape index (κ3) is 3.07. The van der Waals surface area contributed by atoms with Crippen LogP contribution in [0.2, 0.25) is 0 Å². The molecule has 0 spiro atoms. The Bertz CT molecular complexity index is 1410. The normalized spacial score (nSPS) is 11.4. The van der Waals surface area contributed by atoms with Gasteiger partial charge in [0.15, 0.2) is 4.96 Å². The number of thiazole rings is 1. The van der Waals surface area contributed by atoms with Crippen LogP contribution in [0.5, 0.6) is 5.75 Å². The average Bonchev–Trinajstić information content (AvgIpc) is 3.26. The first-order valence-electron chi connectivity index (χ1n) is 9.53. The first-order valence-corrected chi connectivity index (χ1v) is 10.3. The smallest absolute Gasteiger partial charge is 0.197 e. The second kappa shape index (κ2) is 7.24. The Kier molecular flexibility index (Phi) is 4.51. The summed E-state index contributed by atoms with van der Waals surface area (Å²) in [5, 5.41) is 3.31. The number of nitrogens with zero attached hydrogens (tertiary/aromatic N) is 2. The number of aryl methyl sites for hydroxylation is 1. The first kappa shape index (κ1) is 19.3. The highest BCUT2D eigenvalue weighted by Crippen LogP contribution is 2.41. The van der Waals surface area contributed by atoms with Gasteiger partial charge in [0.25, 0.3) is 0 Å². The minimum absolute atomic E-state index is 0.0999. The molecule has 0 bridgehead atoms. The van der Waals surface area contributed by atoms with Crippen LogP contribution in [0.1, 0.15) is 5.56 Å². The van der Waals surface area contributed by atoms with E-state index >= 15 is 0 Å². The molecule has 156 valence electrons. The van der Waals surface area contributed by atoms with Crippen LogP contribution < -0.4 is 15.8 Å². The zero-order chi connectivity index (χ0) is 21.7. The summed E-state index contributed by atoms with van der Waals surface area (Å²) >= 11 is 1.44. The van der Waals surface area contributed by atoms with Crippen molar-refractivity contribution >= 4 is 43.7 Å². The molecule has 0 fully saturated rings. The number of nitrogen functional groups attached to an aromatic ring is 1. The van der Waals surface area contributed by atoms with Crippen molar-refractivity contribution in [3.63, 3.8) is 0 Å². The molecule has 5 rings (SSSR count). The van der Waals surface area contributed by atoms with E-state index in [-0.39, 0.29) is 17.0 Å². The molecule has 0 aliphatic rings. The monoisotopic (exact) mass is 436 g/mol. The molecule has 3 N–H and O–H groups in total. The number of halogens is 2. The van der Waals surface area contributed by atoms with Crippen molar-refractivity contribution in [2.45, 2.75) is 6.92 Å². The molecule has 0 atom stereocenters. The zero-order valence-electron chi connectivity index (χ0n) is 16.7. The van der Waals surface area contributed by atoms with Crippen molar-refractivity contribution in [1.82, 2.24) is 9.38 Å². The number of para-hydroxylation sites is 2. The van der Waals surface area contributed by atoms with E-state index in [0.717, 1.165) is 27.9 Å². The van der Waals surface area contributed by atoms with Gasteiger partial charge in [0, 0.05) is 12.1 Å². The Morgan fingerprint density at radius 1 is 1.06 bits per heavy atom. The summed E-state index contributed by atoms with van der Waals surface area (Å²) in [5.74, 6) is -0.972. The Balaban J connectivity index is 1.83. The maximum Gasteiger partial charge on any atom is 0.197 e. The highest BCUT2D eigenvalue weighted by molar-refractivity contribution is 7.23. The van der Waals surface area contributed by atoms with Crippen molar-refractivity contribution in [3.05, 3.63) is 71.8 Å². The second-order valence-corrected chi connectivity index (χ2v) is 8.14. The minimum Gasteiger partial charge on any atom is -0.497 e. The molecule has 0 radical (unpaired) electrons. The van der Waals surface area contributed by atoms with Crippen LogP contribution in [0.3, 0.4) is 0 Å². The number of hydrogen-bond acceptors (Lipinski definition) is 5. The van der Waals surface area contributed by atoms with Gasteiger partial charge in [-0.3, -0.25) is 4.40 Å². The maximum atomic E-state index is 15.0. The lowest BCUT2D eigenvalue weighted by atomic mass is 10.1. The van der Waals surface area contributed by atoms with Crippen molar-refractivity contribution in [2.24, 2.45) is 0 Å². The largest absolute Gasteiger partial charge is 0.497 e. The molecule has 0 aliphatic heterocycles. The molecule has 0 saturated carbocycles. The van der Waals surface area contributed by atoms with Crippen LogP contribution >= 0.6 is 11.3 Å². The van der Waals surface area contributed by atoms with Gasteiger partial charge in [-0.2, -0.15) is 0 Å². The third-order valence-corrected chi connectivity index (χ3v) is 6.21. The van der Waals surface area contributed by atoms with Crippen molar-refractivity contribution in [1.29, 1.82) is 0 Å². The lowest BCUT2D eigenvalue weighted by Crippen LogP contribution is -2.03. The summed E-state index contributed by atoms with van der Waals surface area (Å²) < 4.78 is 37.8. The van der Waals surface area contributed by atoms with Crippen LogP contribution in [0.15, 0.2) is 54.6 Å². The van der Waals surface area contributed by atoms with Gasteiger partial charge in [0.05, 0.1) is 34.3 Å². The van der Waals surface area contributed by atoms with Gasteiger partial charge in [-0.1, -0.05) is 35.6 Å². The molecular weight excluding hydrogens is 418 g/mol. The van der Waals surface area contributed by atoms with Gasteiger partial charge in [0.2, 0.25) is 0 Å². The third-order valence-electron chi connectivity index (χ3n) is 5.19. The van der Waals surface area contributed by atoms with Crippen LogP contribution in [0.4, 0.5) is 26.0 Å². The summed E-state index contributed by atoms with van der Waals surface area (Å²) in [7, 11) is 1.36. The number of imidazole rings is 1. The van der Waals surface area contributed by atoms with Crippen LogP contribution in [0, 0.1) is 18.6 Å². The number of ether oxygens (including phenoxy) is 1. The standard InChI is InChI=1S/C23H18F2N4OS/c1-12-6-5-7-16(26)20(12)27-22-21(19-14(24)10-13(30-2)11-15(19)25)28-23-29(22)17-8-3-4-9-18(17)31-23/h3-11,27H,26H2,1-2H3. The number of fused-ring (bicyclic) bond motifs is 3. The molecule has 2 aromatic heterocycles. The molecule has 8 heteroatoms. The van der Waals surface area contributed by atoms with Crippen LogP contribution in [-0.2, 0) is 0 Å². The molecule has 2 heterocycles. The van der Waals surface area contributed by atoms with E-state index in [4.69, 9.17) is 10.5 Å². The highest BCUT2D eigenvalue weighted by atomic mass is 32.1. The van der Waals surface area contributed by atoms with Gasteiger partial charge < -0.3 is 15.8 Å². The van der Waals surface area contributed by atoms with E-state index in [1.807, 2.05) is 47.7 Å². The summed E-state index contributed by atoms with van der Waals surface area (Å²) in [4.78, 5) is 5.22. The predicted octanol–water partition coefficient (Wildman–Crippen LogP) is 6.14. The number of nitrogens with one attached hydrogen (secondary N) is 1. The fourth-order valence-corrected chi connectivity index (χ4v) is 4.71. The molecule has 3 aromatic carbocycles. The Morgan fingerprint density at radius 2 is 1.81 bits per heavy atom. The lowest BCUT2D eigenvalue weighted by molar-refractivity contribution is 0.407. The number of nitrogens with two attached hydrogens (primary N) is 1. The van der Waals surface area contributed by atoms with E-state index in [2.05, 4.69) is 10.3 Å². The topological polar surface area (TPSA) is 64.6 Å². The maximum absolute atomic E-state index is 15.0. The molecule has 0 amide bonds. The fraction of sp³-hybridized carbons (Fsp3) is 0.0870. The molecule has 0 unspecified atom stereocenters. The minimum atomic E-state index is -0.757. The second-order valence-electron chi connectivity index (χ2n) is 7.13. The Morgan fingerprint density at radius 3 is 2.52 bits per heavy atom. The number of methoxy groups -OCH3 is 1. The number of anilines is 3. The molecular formula is C23H18F2N4OS. The fourth-order valence-electron chi connectivity index (χ4n) is 3.68. The molecule has 31 heavy (non-hydrogen) atoms. The average molecular weight is 436 g/mol. The Labute approximate surface area is 180 Å². The first-order chi connectivity index (χ1) is 15.0. The van der Waals surface area contributed by atoms with Crippen LogP contribution in [0.25, 0.3) is 26.4 Å². The van der Waals surface area contributed by atoms with Crippen molar-refractivity contribution in [2.75, 3.05) is 18.2 Å². The SMILES string of the molecule is COc1cc(F)c(-c2nc3sc4ccccc4n3c2Nc2c(C)cccc2N)c(F)c1. The Hall–Kier alpha value is -3.65. The summed E-state index contributed by atoms with van der Waals surface area (Å²) in [5.41, 5.74) is 9.11. The van der Waals surface area contributed by atoms with E-state index in [1.54, 1.807) is 6.07 Å². The number of benzene rings is 3. The summed E-state index contributed by atoms with van der Waals surface area (Å²) in [6.45, 7) is 1.91. The van der Waals surface area contributed by atoms with Gasteiger partial charge >= 0.3 is 0 Å². The summed E-state index contributed by atoms with van der Waals surface area (Å²) in [6.07, 6.45) is 0. The van der Waals surface area contributed by atoms with Gasteiger partial charge in [0.1, 0.15) is 28.9 Å². The van der Waals surface area contributed by atoms with E-state index in [9.17, 15) is 8.78 Å². The van der Waals surface area contributed by atoms with Crippen LogP contribution in [-0.4, -0.2) is 16.5 Å². The predicted molar refractivity (Wildman–Crippen MR) is 121 cm³/mol. The molecule has 0 saturated heterocycles. The quantitative estimate of drug-likeness (QED) is 0.332.